The van der Waals surface area contributed by atoms with Crippen LogP contribution in [0.15, 0.2) is 114 Å². The van der Waals surface area contributed by atoms with E-state index in [0.29, 0.717) is 39.2 Å². The number of pyridine rings is 2. The van der Waals surface area contributed by atoms with E-state index in [1.807, 2.05) is 42.5 Å². The van der Waals surface area contributed by atoms with Crippen molar-refractivity contribution in [3.05, 3.63) is 155 Å². The molecule has 5 aromatic carbocycles. The van der Waals surface area contributed by atoms with Gasteiger partial charge in [0.25, 0.3) is 0 Å². The average Bonchev–Trinajstić information content (AvgIpc) is 3.95. The number of benzene rings is 5. The van der Waals surface area contributed by atoms with Crippen molar-refractivity contribution in [1.82, 2.24) is 9.97 Å². The number of hydrogen-bond acceptors (Lipinski definition) is 3. The fraction of sp³-hybridized carbons (Fsp3) is 0.397. The first-order valence-corrected chi connectivity index (χ1v) is 23.0. The molecule has 8 aromatic rings. The van der Waals surface area contributed by atoms with Crippen LogP contribution in [0.2, 0.25) is 0 Å². The van der Waals surface area contributed by atoms with Gasteiger partial charge >= 0.3 is 0 Å². The molecule has 0 N–H and O–H groups in total. The number of nitrogens with zero attached hydrogens (tertiary/aromatic N) is 2. The molecule has 0 atom stereocenters. The van der Waals surface area contributed by atoms with E-state index in [2.05, 4.69) is 94.0 Å². The second kappa shape index (κ2) is 18.5. The second-order valence-electron chi connectivity index (χ2n) is 22.4. The number of fused-ring (bicyclic) bond motifs is 5. The minimum absolute atomic E-state index is 0. The quantitative estimate of drug-likeness (QED) is 0.156. The van der Waals surface area contributed by atoms with E-state index in [4.69, 9.17) is 19.5 Å². The maximum Gasteiger partial charge on any atom is 0.128 e. The Bertz CT molecular complexity index is 3540. The maximum atomic E-state index is 10.1. The molecular weight excluding hydrogens is 993 g/mol. The molecule has 3 aromatic heterocycles. The predicted octanol–water partition coefficient (Wildman–Crippen LogP) is 17.9. The van der Waals surface area contributed by atoms with Crippen LogP contribution >= 0.6 is 0 Å². The summed E-state index contributed by atoms with van der Waals surface area (Å²) in [6.45, 7) is 19.5. The first-order chi connectivity index (χ1) is 35.8. The Morgan fingerprint density at radius 3 is 2.01 bits per heavy atom. The summed E-state index contributed by atoms with van der Waals surface area (Å²) >= 11 is 0. The van der Waals surface area contributed by atoms with Gasteiger partial charge in [-0.1, -0.05) is 179 Å². The van der Waals surface area contributed by atoms with Gasteiger partial charge in [0.2, 0.25) is 0 Å². The molecule has 4 heteroatoms. The fourth-order valence-corrected chi connectivity index (χ4v) is 10.9. The van der Waals surface area contributed by atoms with Crippen LogP contribution < -0.4 is 0 Å². The van der Waals surface area contributed by atoms with Gasteiger partial charge < -0.3 is 14.4 Å². The fourth-order valence-electron chi connectivity index (χ4n) is 10.9. The summed E-state index contributed by atoms with van der Waals surface area (Å²) < 4.78 is 108. The Hall–Kier alpha value is -4.89. The maximum absolute atomic E-state index is 10.1. The van der Waals surface area contributed by atoms with Crippen LogP contribution in [0, 0.1) is 59.8 Å². The van der Waals surface area contributed by atoms with Crippen LogP contribution in [-0.4, -0.2) is 9.97 Å². The molecule has 67 heavy (non-hydrogen) atoms. The van der Waals surface area contributed by atoms with Gasteiger partial charge in [-0.05, 0) is 123 Å². The van der Waals surface area contributed by atoms with E-state index in [1.165, 1.54) is 18.5 Å². The van der Waals surface area contributed by atoms with Gasteiger partial charge in [-0.2, -0.15) is 0 Å². The Labute approximate surface area is 432 Å². The number of rotatable bonds is 6. The van der Waals surface area contributed by atoms with Crippen LogP contribution in [0.5, 0.6) is 0 Å². The van der Waals surface area contributed by atoms with Gasteiger partial charge in [-0.25, -0.2) is 0 Å². The second-order valence-corrected chi connectivity index (χ2v) is 22.4. The van der Waals surface area contributed by atoms with Crippen molar-refractivity contribution in [3.63, 3.8) is 0 Å². The first-order valence-electron chi connectivity index (χ1n) is 29.2. The van der Waals surface area contributed by atoms with Crippen LogP contribution in [0.1, 0.15) is 152 Å². The number of hydrogen-bond donors (Lipinski definition) is 0. The van der Waals surface area contributed by atoms with Gasteiger partial charge in [0, 0.05) is 59.7 Å². The molecule has 3 heterocycles. The summed E-state index contributed by atoms with van der Waals surface area (Å²) in [7, 11) is 0. The molecule has 3 nitrogen and oxygen atoms in total. The molecule has 1 radical (unpaired) electrons. The van der Waals surface area contributed by atoms with E-state index in [0.717, 1.165) is 51.1 Å². The van der Waals surface area contributed by atoms with Gasteiger partial charge in [0.15, 0.2) is 0 Å². The van der Waals surface area contributed by atoms with Crippen molar-refractivity contribution < 1.29 is 41.0 Å². The molecule has 351 valence electrons. The predicted molar refractivity (Wildman–Crippen MR) is 281 cm³/mol. The van der Waals surface area contributed by atoms with Gasteiger partial charge in [0.1, 0.15) is 5.58 Å². The van der Waals surface area contributed by atoms with Crippen molar-refractivity contribution in [2.24, 2.45) is 27.1 Å². The summed E-state index contributed by atoms with van der Waals surface area (Å²) in [5.74, 6) is -0.808. The van der Waals surface area contributed by atoms with Crippen molar-refractivity contribution >= 4 is 32.7 Å². The summed E-state index contributed by atoms with van der Waals surface area (Å²) in [5, 5.41) is 3.89. The monoisotopic (exact) mass is 1080 g/mol. The molecular formula is C63H72IrN2O-2. The zero-order valence-corrected chi connectivity index (χ0v) is 43.5. The van der Waals surface area contributed by atoms with Gasteiger partial charge in [-0.15, -0.1) is 47.5 Å². The molecule has 1 saturated carbocycles. The molecule has 9 rings (SSSR count). The van der Waals surface area contributed by atoms with E-state index >= 15 is 0 Å². The average molecular weight is 1080 g/mol. The van der Waals surface area contributed by atoms with Crippen molar-refractivity contribution in [2.75, 3.05) is 0 Å². The Morgan fingerprint density at radius 1 is 0.687 bits per heavy atom. The Morgan fingerprint density at radius 2 is 1.34 bits per heavy atom. The Balaban J connectivity index is 0.000000229. The van der Waals surface area contributed by atoms with E-state index < -0.39 is 43.2 Å². The number of aryl methyl sites for hydroxylation is 3. The molecule has 1 aliphatic rings. The Kier molecular flexibility index (Phi) is 10.0. The summed E-state index contributed by atoms with van der Waals surface area (Å²) in [5.41, 5.74) is 4.87. The van der Waals surface area contributed by atoms with Gasteiger partial charge in [0.05, 0.1) is 5.58 Å². The molecule has 0 spiro atoms. The topological polar surface area (TPSA) is 38.9 Å². The third-order valence-electron chi connectivity index (χ3n) is 12.4. The third-order valence-corrected chi connectivity index (χ3v) is 12.4. The molecule has 1 fully saturated rings. The van der Waals surface area contributed by atoms with Crippen LogP contribution in [0.3, 0.4) is 0 Å². The standard InChI is InChI=1S/C35H38NO.C28H34N.Ir/c1-21-16-29(36-18-22(21)2)27-11-9-10-25-26-15-14-23-12-13-24(17-28(23)31(26)37-30(25)27)32-34(5,6)19-33(3,4)20-35(32,7)8;1-20-13-14-22(15-25(20)21-11-9-8-10-12-21)26-16-23(17-27(2,3)4)24(19-29-26)18-28(5,6)7;/h9-10,12-18,32H,19-20H2,1-8H3;8-13,15-16,19H,17-18H2,1-7H3;/q2*-1;/i1D,2D3,32D;1D3,17D2,18D2;. The smallest absolute Gasteiger partial charge is 0.128 e. The largest absolute Gasteiger partial charge is 0.500 e. The molecule has 0 bridgehead atoms. The molecule has 1 aliphatic carbocycles. The van der Waals surface area contributed by atoms with E-state index in [1.54, 1.807) is 59.7 Å². The van der Waals surface area contributed by atoms with Crippen molar-refractivity contribution in [3.8, 4) is 33.6 Å². The summed E-state index contributed by atoms with van der Waals surface area (Å²) in [4.78, 5) is 9.01. The van der Waals surface area contributed by atoms with E-state index in [-0.39, 0.29) is 65.5 Å². The zero-order chi connectivity index (χ0) is 57.8. The molecule has 0 unspecified atom stereocenters. The molecule has 0 aliphatic heterocycles. The minimum atomic E-state index is -2.34. The number of aromatic nitrogens is 2. The summed E-state index contributed by atoms with van der Waals surface area (Å²) in [6.07, 6.45) is 0.981. The minimum Gasteiger partial charge on any atom is -0.500 e. The first kappa shape index (κ1) is 36.1. The molecule has 0 saturated heterocycles. The van der Waals surface area contributed by atoms with Crippen molar-refractivity contribution in [1.29, 1.82) is 0 Å². The van der Waals surface area contributed by atoms with Gasteiger partial charge in [-0.3, -0.25) is 0 Å². The van der Waals surface area contributed by atoms with Crippen molar-refractivity contribution in [2.45, 2.75) is 135 Å². The van der Waals surface area contributed by atoms with E-state index in [9.17, 15) is 1.37 Å². The summed E-state index contributed by atoms with van der Waals surface area (Å²) in [6, 6.07) is 36.3. The van der Waals surface area contributed by atoms with Crippen LogP contribution in [0.4, 0.5) is 0 Å². The zero-order valence-electron chi connectivity index (χ0n) is 53.1. The normalized spacial score (nSPS) is 19.8. The SMILES string of the molecule is [2H]C([2H])([2H])c1c[c-]c(-c2cc(C([2H])([2H])C(C)(C)C)c(C([2H])([2H])C(C)(C)C)cn2)cc1-c1ccccc1.[2H]Cc1cc(-c2[c-]ccc3c2oc2c4cc(C5([2H])C(C)(C)CC(C)(C)CC5(C)C)ccc4ccc32)ncc1C([2H])([2H])[2H].[Ir]. The number of furan rings is 1. The van der Waals surface area contributed by atoms with Crippen LogP contribution in [-0.2, 0) is 32.9 Å². The van der Waals surface area contributed by atoms with Crippen LogP contribution in [0.25, 0.3) is 66.4 Å². The third kappa shape index (κ3) is 10.9. The molecule has 0 amide bonds.